The molecule has 0 N–H and O–H groups in total. The van der Waals surface area contributed by atoms with Gasteiger partial charge in [0.15, 0.2) is 13.7 Å². The summed E-state index contributed by atoms with van der Waals surface area (Å²) in [7, 11) is -2.42. The molecule has 0 aromatic heterocycles. The molecule has 1 aliphatic rings. The maximum absolute atomic E-state index is 11.5. The highest BCUT2D eigenvalue weighted by atomic mass is 31.2. The van der Waals surface area contributed by atoms with Crippen LogP contribution in [0.1, 0.15) is 77.6 Å². The van der Waals surface area contributed by atoms with Gasteiger partial charge in [0, 0.05) is 13.3 Å². The number of hydrogen-bond acceptors (Lipinski definition) is 4. The van der Waals surface area contributed by atoms with Crippen LogP contribution in [0.5, 0.6) is 0 Å². The summed E-state index contributed by atoms with van der Waals surface area (Å²) in [6, 6.07) is 0. The zero-order chi connectivity index (χ0) is 17.0. The fraction of sp³-hybridized carbons (Fsp3) is 1.00. The first kappa shape index (κ1) is 21.2. The van der Waals surface area contributed by atoms with Gasteiger partial charge in [-0.3, -0.25) is 4.57 Å². The van der Waals surface area contributed by atoms with Gasteiger partial charge in [0.1, 0.15) is 6.10 Å². The van der Waals surface area contributed by atoms with Gasteiger partial charge in [-0.25, -0.2) is 0 Å². The van der Waals surface area contributed by atoms with Crippen molar-refractivity contribution >= 4 is 7.37 Å². The van der Waals surface area contributed by atoms with E-state index in [4.69, 9.17) is 14.0 Å². The van der Waals surface area contributed by atoms with Crippen LogP contribution in [0.4, 0.5) is 0 Å². The van der Waals surface area contributed by atoms with E-state index in [0.717, 1.165) is 12.8 Å². The van der Waals surface area contributed by atoms with E-state index >= 15 is 0 Å². The van der Waals surface area contributed by atoms with Gasteiger partial charge in [-0.1, -0.05) is 64.7 Å². The highest BCUT2D eigenvalue weighted by Crippen LogP contribution is 2.37. The molecule has 1 heterocycles. The molecule has 1 fully saturated rings. The maximum Gasteiger partial charge on any atom is 0.197 e. The second-order valence-corrected chi connectivity index (χ2v) is 9.80. The van der Waals surface area contributed by atoms with Gasteiger partial charge < -0.3 is 14.0 Å². The van der Waals surface area contributed by atoms with E-state index in [1.807, 2.05) is 0 Å². The van der Waals surface area contributed by atoms with Crippen molar-refractivity contribution in [3.63, 3.8) is 0 Å². The predicted octanol–water partition coefficient (Wildman–Crippen LogP) is 5.59. The first-order valence-electron chi connectivity index (χ1n) is 9.48. The van der Waals surface area contributed by atoms with E-state index in [1.54, 1.807) is 13.3 Å². The molecule has 4 nitrogen and oxygen atoms in total. The van der Waals surface area contributed by atoms with Crippen LogP contribution in [0.3, 0.4) is 0 Å². The Balaban J connectivity index is 1.88. The van der Waals surface area contributed by atoms with Crippen molar-refractivity contribution in [3.05, 3.63) is 0 Å². The van der Waals surface area contributed by atoms with Crippen molar-refractivity contribution in [3.8, 4) is 0 Å². The lowest BCUT2D eigenvalue weighted by Crippen LogP contribution is -2.18. The quantitative estimate of drug-likeness (QED) is 0.303. The van der Waals surface area contributed by atoms with Gasteiger partial charge in [0.2, 0.25) is 0 Å². The van der Waals surface area contributed by atoms with Crippen LogP contribution in [0.2, 0.25) is 0 Å². The van der Waals surface area contributed by atoms with Crippen molar-refractivity contribution in [1.82, 2.24) is 0 Å². The fourth-order valence-corrected chi connectivity index (χ4v) is 3.33. The Hall–Kier alpha value is 0.110. The van der Waals surface area contributed by atoms with Crippen molar-refractivity contribution < 1.29 is 18.6 Å². The Morgan fingerprint density at radius 3 is 2.09 bits per heavy atom. The molecule has 138 valence electrons. The van der Waals surface area contributed by atoms with Crippen molar-refractivity contribution in [2.24, 2.45) is 0 Å². The summed E-state index contributed by atoms with van der Waals surface area (Å²) >= 11 is 0. The van der Waals surface area contributed by atoms with Crippen LogP contribution in [0, 0.1) is 0 Å². The van der Waals surface area contributed by atoms with Gasteiger partial charge in [-0.15, -0.1) is 0 Å². The topological polar surface area (TPSA) is 44.8 Å². The SMILES string of the molecule is CCCCCCCCCCCCC1OC[C@@H](COP(C)(C)=O)O1. The van der Waals surface area contributed by atoms with E-state index in [-0.39, 0.29) is 12.4 Å². The molecule has 0 radical (unpaired) electrons. The molecule has 1 rings (SSSR count). The highest BCUT2D eigenvalue weighted by molar-refractivity contribution is 7.57. The monoisotopic (exact) mass is 348 g/mol. The number of rotatable bonds is 14. The second-order valence-electron chi connectivity index (χ2n) is 7.04. The summed E-state index contributed by atoms with van der Waals surface area (Å²) in [6.07, 6.45) is 14.2. The summed E-state index contributed by atoms with van der Waals surface area (Å²) in [5.41, 5.74) is 0. The molecule has 23 heavy (non-hydrogen) atoms. The van der Waals surface area contributed by atoms with E-state index in [9.17, 15) is 4.57 Å². The highest BCUT2D eigenvalue weighted by Gasteiger charge is 2.26. The van der Waals surface area contributed by atoms with Crippen LogP contribution >= 0.6 is 7.37 Å². The van der Waals surface area contributed by atoms with Crippen LogP contribution < -0.4 is 0 Å². The molecule has 0 aromatic rings. The van der Waals surface area contributed by atoms with Crippen LogP contribution in [0.15, 0.2) is 0 Å². The lowest BCUT2D eigenvalue weighted by atomic mass is 10.1. The number of unbranched alkanes of at least 4 members (excludes halogenated alkanes) is 9. The van der Waals surface area contributed by atoms with Crippen molar-refractivity contribution in [2.45, 2.75) is 89.9 Å². The molecule has 1 unspecified atom stereocenters. The largest absolute Gasteiger partial charge is 0.350 e. The molecule has 1 saturated heterocycles. The zero-order valence-corrected chi connectivity index (χ0v) is 16.3. The predicted molar refractivity (Wildman–Crippen MR) is 96.5 cm³/mol. The third-order valence-corrected chi connectivity index (χ3v) is 4.95. The molecule has 5 heteroatoms. The molecule has 1 aliphatic heterocycles. The molecule has 0 aliphatic carbocycles. The van der Waals surface area contributed by atoms with Crippen LogP contribution in [-0.4, -0.2) is 38.9 Å². The average Bonchev–Trinajstić information content (AvgIpc) is 2.94. The zero-order valence-electron chi connectivity index (χ0n) is 15.4. The smallest absolute Gasteiger partial charge is 0.197 e. The Kier molecular flexibility index (Phi) is 11.5. The molecule has 0 bridgehead atoms. The molecule has 0 spiro atoms. The Morgan fingerprint density at radius 1 is 0.957 bits per heavy atom. The molecular formula is C18H37O4P. The van der Waals surface area contributed by atoms with E-state index < -0.39 is 7.37 Å². The standard InChI is InChI=1S/C18H37O4P/c1-4-5-6-7-8-9-10-11-12-13-14-18-20-15-17(22-18)16-21-23(2,3)19/h17-18H,4-16H2,1-3H3/t17-,18?/m0/s1. The van der Waals surface area contributed by atoms with Gasteiger partial charge >= 0.3 is 0 Å². The molecular weight excluding hydrogens is 311 g/mol. The summed E-state index contributed by atoms with van der Waals surface area (Å²) in [4.78, 5) is 0. The first-order valence-corrected chi connectivity index (χ1v) is 12.0. The van der Waals surface area contributed by atoms with Gasteiger partial charge in [-0.2, -0.15) is 0 Å². The first-order chi connectivity index (χ1) is 11.0. The maximum atomic E-state index is 11.5. The minimum absolute atomic E-state index is 0.0589. The summed E-state index contributed by atoms with van der Waals surface area (Å²) < 4.78 is 28.2. The minimum atomic E-state index is -2.42. The minimum Gasteiger partial charge on any atom is -0.350 e. The van der Waals surface area contributed by atoms with Crippen LogP contribution in [-0.2, 0) is 18.6 Å². The number of hydrogen-bond donors (Lipinski definition) is 0. The Labute approximate surface area is 143 Å². The van der Waals surface area contributed by atoms with Gasteiger partial charge in [0.25, 0.3) is 0 Å². The molecule has 0 aromatic carbocycles. The number of ether oxygens (including phenoxy) is 2. The molecule has 0 amide bonds. The van der Waals surface area contributed by atoms with Crippen molar-refractivity contribution in [2.75, 3.05) is 26.5 Å². The van der Waals surface area contributed by atoms with Gasteiger partial charge in [0.05, 0.1) is 13.2 Å². The summed E-state index contributed by atoms with van der Waals surface area (Å²) in [6.45, 7) is 6.45. The third kappa shape index (κ3) is 12.2. The second kappa shape index (κ2) is 12.5. The van der Waals surface area contributed by atoms with Crippen LogP contribution in [0.25, 0.3) is 0 Å². The van der Waals surface area contributed by atoms with Gasteiger partial charge in [-0.05, 0) is 12.8 Å². The summed E-state index contributed by atoms with van der Waals surface area (Å²) in [5.74, 6) is 0. The Bertz CT molecular complexity index is 329. The lowest BCUT2D eigenvalue weighted by Gasteiger charge is -2.13. The normalized spacial score (nSPS) is 21.9. The Morgan fingerprint density at radius 2 is 1.52 bits per heavy atom. The average molecular weight is 348 g/mol. The fourth-order valence-electron chi connectivity index (χ4n) is 2.81. The van der Waals surface area contributed by atoms with E-state index in [1.165, 1.54) is 57.8 Å². The molecule has 2 atom stereocenters. The molecule has 0 saturated carbocycles. The van der Waals surface area contributed by atoms with Crippen molar-refractivity contribution in [1.29, 1.82) is 0 Å². The summed E-state index contributed by atoms with van der Waals surface area (Å²) in [5, 5.41) is 0. The van der Waals surface area contributed by atoms with E-state index in [0.29, 0.717) is 13.2 Å². The third-order valence-electron chi connectivity index (χ3n) is 4.18. The van der Waals surface area contributed by atoms with E-state index in [2.05, 4.69) is 6.92 Å². The lowest BCUT2D eigenvalue weighted by molar-refractivity contribution is -0.0684.